The third kappa shape index (κ3) is 3.42. The Morgan fingerprint density at radius 2 is 2.11 bits per heavy atom. The number of halogens is 1. The lowest BCUT2D eigenvalue weighted by Gasteiger charge is -2.11. The predicted molar refractivity (Wildman–Crippen MR) is 68.9 cm³/mol. The van der Waals surface area contributed by atoms with Gasteiger partial charge in [-0.1, -0.05) is 24.4 Å². The summed E-state index contributed by atoms with van der Waals surface area (Å²) in [5, 5.41) is 10.8. The Balaban J connectivity index is 2.04. The van der Waals surface area contributed by atoms with E-state index in [1.807, 2.05) is 0 Å². The zero-order chi connectivity index (χ0) is 13.8. The molecule has 102 valence electrons. The van der Waals surface area contributed by atoms with Crippen molar-refractivity contribution in [3.05, 3.63) is 38.9 Å². The monoisotopic (exact) mass is 284 g/mol. The van der Waals surface area contributed by atoms with Gasteiger partial charge in [-0.2, -0.15) is 0 Å². The second-order valence-electron chi connectivity index (χ2n) is 4.38. The van der Waals surface area contributed by atoms with Gasteiger partial charge in [-0.15, -0.1) is 0 Å². The predicted octanol–water partition coefficient (Wildman–Crippen LogP) is 2.85. The molecule has 0 atom stereocenters. The number of hydrogen-bond donors (Lipinski definition) is 1. The fourth-order valence-electron chi connectivity index (χ4n) is 2.00. The first kappa shape index (κ1) is 13.8. The third-order valence-electron chi connectivity index (χ3n) is 3.03. The Morgan fingerprint density at radius 3 is 2.74 bits per heavy atom. The second-order valence-corrected chi connectivity index (χ2v) is 4.78. The second kappa shape index (κ2) is 5.99. The van der Waals surface area contributed by atoms with E-state index in [1.54, 1.807) is 0 Å². The van der Waals surface area contributed by atoms with Gasteiger partial charge in [0, 0.05) is 12.1 Å². The number of carbonyl (C=O) groups excluding carboxylic acids is 1. The summed E-state index contributed by atoms with van der Waals surface area (Å²) < 4.78 is 0. The van der Waals surface area contributed by atoms with Gasteiger partial charge in [0.15, 0.2) is 0 Å². The molecule has 1 N–H and O–H groups in total. The first-order chi connectivity index (χ1) is 9.08. The number of amides is 1. The van der Waals surface area contributed by atoms with Crippen molar-refractivity contribution in [1.82, 2.24) is 5.48 Å². The SMILES string of the molecule is O=C(NOC1CCCC1)c1cc([N+](=O)[O-])ccc1Cl. The summed E-state index contributed by atoms with van der Waals surface area (Å²) in [6.45, 7) is 0. The molecule has 0 spiro atoms. The Morgan fingerprint density at radius 1 is 1.42 bits per heavy atom. The van der Waals surface area contributed by atoms with Crippen LogP contribution in [0, 0.1) is 10.1 Å². The molecule has 0 aromatic heterocycles. The minimum absolute atomic E-state index is 0.0152. The molecule has 0 aliphatic heterocycles. The van der Waals surface area contributed by atoms with Gasteiger partial charge < -0.3 is 0 Å². The summed E-state index contributed by atoms with van der Waals surface area (Å²) in [7, 11) is 0. The number of hydrogen-bond acceptors (Lipinski definition) is 4. The Hall–Kier alpha value is -1.66. The third-order valence-corrected chi connectivity index (χ3v) is 3.36. The van der Waals surface area contributed by atoms with Gasteiger partial charge in [0.25, 0.3) is 11.6 Å². The first-order valence-corrected chi connectivity index (χ1v) is 6.35. The van der Waals surface area contributed by atoms with Gasteiger partial charge >= 0.3 is 0 Å². The van der Waals surface area contributed by atoms with E-state index >= 15 is 0 Å². The topological polar surface area (TPSA) is 81.5 Å². The van der Waals surface area contributed by atoms with Crippen LogP contribution in [0.25, 0.3) is 0 Å². The molecule has 0 radical (unpaired) electrons. The van der Waals surface area contributed by atoms with Crippen molar-refractivity contribution in [3.63, 3.8) is 0 Å². The summed E-state index contributed by atoms with van der Waals surface area (Å²) in [5.41, 5.74) is 2.15. The molecule has 1 aliphatic rings. The summed E-state index contributed by atoms with van der Waals surface area (Å²) in [5.74, 6) is -0.569. The molecule has 0 unspecified atom stereocenters. The molecule has 1 aromatic carbocycles. The molecule has 7 heteroatoms. The lowest BCUT2D eigenvalue weighted by molar-refractivity contribution is -0.384. The van der Waals surface area contributed by atoms with E-state index in [1.165, 1.54) is 12.1 Å². The van der Waals surface area contributed by atoms with E-state index < -0.39 is 10.8 Å². The van der Waals surface area contributed by atoms with Crippen LogP contribution in [0.5, 0.6) is 0 Å². The maximum Gasteiger partial charge on any atom is 0.276 e. The number of nitrogens with zero attached hydrogens (tertiary/aromatic N) is 1. The zero-order valence-corrected chi connectivity index (χ0v) is 10.9. The molecule has 0 bridgehead atoms. The van der Waals surface area contributed by atoms with Gasteiger partial charge in [0.05, 0.1) is 21.6 Å². The van der Waals surface area contributed by atoms with Crippen molar-refractivity contribution in [2.24, 2.45) is 0 Å². The van der Waals surface area contributed by atoms with Gasteiger partial charge in [0.2, 0.25) is 0 Å². The van der Waals surface area contributed by atoms with Gasteiger partial charge in [-0.05, 0) is 18.9 Å². The van der Waals surface area contributed by atoms with Crippen LogP contribution in [-0.2, 0) is 4.84 Å². The molecule has 1 aromatic rings. The maximum absolute atomic E-state index is 11.9. The number of non-ortho nitro benzene ring substituents is 1. The molecule has 19 heavy (non-hydrogen) atoms. The van der Waals surface area contributed by atoms with Crippen LogP contribution >= 0.6 is 11.6 Å². The molecule has 1 amide bonds. The van der Waals surface area contributed by atoms with E-state index in [0.717, 1.165) is 31.7 Å². The Kier molecular flexibility index (Phi) is 4.34. The van der Waals surface area contributed by atoms with Crippen LogP contribution in [0.2, 0.25) is 5.02 Å². The normalized spacial score (nSPS) is 15.4. The fourth-order valence-corrected chi connectivity index (χ4v) is 2.20. The van der Waals surface area contributed by atoms with Crippen molar-refractivity contribution in [2.75, 3.05) is 0 Å². The van der Waals surface area contributed by atoms with E-state index in [4.69, 9.17) is 16.4 Å². The fraction of sp³-hybridized carbons (Fsp3) is 0.417. The summed E-state index contributed by atoms with van der Waals surface area (Å²) in [6.07, 6.45) is 3.99. The maximum atomic E-state index is 11.9. The molecule has 1 fully saturated rings. The number of carbonyl (C=O) groups is 1. The van der Waals surface area contributed by atoms with E-state index in [9.17, 15) is 14.9 Å². The van der Waals surface area contributed by atoms with Crippen LogP contribution in [0.1, 0.15) is 36.0 Å². The smallest absolute Gasteiger partial charge is 0.270 e. The number of nitrogens with one attached hydrogen (secondary N) is 1. The molecule has 0 heterocycles. The van der Waals surface area contributed by atoms with Gasteiger partial charge in [0.1, 0.15) is 0 Å². The molecular formula is C12H13ClN2O4. The van der Waals surface area contributed by atoms with E-state index in [2.05, 4.69) is 5.48 Å². The highest BCUT2D eigenvalue weighted by Crippen LogP contribution is 2.23. The summed E-state index contributed by atoms with van der Waals surface area (Å²) in [6, 6.07) is 3.71. The Bertz CT molecular complexity index is 501. The lowest BCUT2D eigenvalue weighted by Crippen LogP contribution is -2.28. The zero-order valence-electron chi connectivity index (χ0n) is 10.1. The highest BCUT2D eigenvalue weighted by atomic mass is 35.5. The van der Waals surface area contributed by atoms with Crippen molar-refractivity contribution in [1.29, 1.82) is 0 Å². The van der Waals surface area contributed by atoms with Crippen molar-refractivity contribution in [2.45, 2.75) is 31.8 Å². The van der Waals surface area contributed by atoms with Gasteiger partial charge in [-0.25, -0.2) is 5.48 Å². The summed E-state index contributed by atoms with van der Waals surface area (Å²) >= 11 is 5.85. The standard InChI is InChI=1S/C12H13ClN2O4/c13-11-6-5-8(15(17)18)7-10(11)12(16)14-19-9-3-1-2-4-9/h5-7,9H,1-4H2,(H,14,16). The van der Waals surface area contributed by atoms with Crippen molar-refractivity contribution in [3.8, 4) is 0 Å². The number of nitro groups is 1. The number of rotatable bonds is 4. The van der Waals surface area contributed by atoms with Gasteiger partial charge in [-0.3, -0.25) is 19.7 Å². The molecule has 1 saturated carbocycles. The van der Waals surface area contributed by atoms with Crippen molar-refractivity contribution < 1.29 is 14.6 Å². The van der Waals surface area contributed by atoms with Crippen molar-refractivity contribution >= 4 is 23.2 Å². The van der Waals surface area contributed by atoms with Crippen LogP contribution in [0.4, 0.5) is 5.69 Å². The highest BCUT2D eigenvalue weighted by molar-refractivity contribution is 6.33. The molecule has 0 saturated heterocycles. The average molecular weight is 285 g/mol. The molecule has 6 nitrogen and oxygen atoms in total. The van der Waals surface area contributed by atoms with Crippen LogP contribution in [0.15, 0.2) is 18.2 Å². The number of benzene rings is 1. The molecule has 2 rings (SSSR count). The summed E-state index contributed by atoms with van der Waals surface area (Å²) in [4.78, 5) is 27.2. The molecular weight excluding hydrogens is 272 g/mol. The van der Waals surface area contributed by atoms with E-state index in [0.29, 0.717) is 0 Å². The number of hydroxylamine groups is 1. The largest absolute Gasteiger partial charge is 0.276 e. The quantitative estimate of drug-likeness (QED) is 0.681. The molecule has 1 aliphatic carbocycles. The van der Waals surface area contributed by atoms with Crippen LogP contribution in [-0.4, -0.2) is 16.9 Å². The minimum atomic E-state index is -0.578. The van der Waals surface area contributed by atoms with E-state index in [-0.39, 0.29) is 22.4 Å². The van der Waals surface area contributed by atoms with Crippen LogP contribution < -0.4 is 5.48 Å². The average Bonchev–Trinajstić information content (AvgIpc) is 2.89. The lowest BCUT2D eigenvalue weighted by atomic mass is 10.2. The first-order valence-electron chi connectivity index (χ1n) is 5.98. The highest BCUT2D eigenvalue weighted by Gasteiger charge is 2.19. The van der Waals surface area contributed by atoms with Crippen LogP contribution in [0.3, 0.4) is 0 Å². The minimum Gasteiger partial charge on any atom is -0.270 e. The number of nitro benzene ring substituents is 1. The Labute approximate surface area is 114 Å².